The summed E-state index contributed by atoms with van der Waals surface area (Å²) in [5.74, 6) is 0. The van der Waals surface area contributed by atoms with Crippen LogP contribution >= 0.6 is 0 Å². The highest BCUT2D eigenvalue weighted by atomic mass is 15.1. The van der Waals surface area contributed by atoms with Crippen molar-refractivity contribution in [2.24, 2.45) is 0 Å². The molecule has 1 aliphatic rings. The van der Waals surface area contributed by atoms with Gasteiger partial charge in [-0.05, 0) is 137 Å². The van der Waals surface area contributed by atoms with E-state index in [-0.39, 0.29) is 5.41 Å². The molecule has 1 nitrogen and oxygen atoms in total. The van der Waals surface area contributed by atoms with E-state index in [9.17, 15) is 0 Å². The van der Waals surface area contributed by atoms with Crippen molar-refractivity contribution in [2.45, 2.75) is 19.3 Å². The molecular weight excluding hydrogens is 747 g/mol. The third-order valence-electron chi connectivity index (χ3n) is 12.9. The lowest BCUT2D eigenvalue weighted by molar-refractivity contribution is 0.660. The predicted molar refractivity (Wildman–Crippen MR) is 263 cm³/mol. The molecule has 294 valence electrons. The predicted octanol–water partition coefficient (Wildman–Crippen LogP) is 17.0. The third-order valence-corrected chi connectivity index (χ3v) is 12.9. The summed E-state index contributed by atoms with van der Waals surface area (Å²) >= 11 is 0. The zero-order valence-corrected chi connectivity index (χ0v) is 35.0. The van der Waals surface area contributed by atoms with Crippen LogP contribution in [0.5, 0.6) is 0 Å². The van der Waals surface area contributed by atoms with Gasteiger partial charge in [0, 0.05) is 22.5 Å². The van der Waals surface area contributed by atoms with Crippen molar-refractivity contribution >= 4 is 27.8 Å². The van der Waals surface area contributed by atoms with Gasteiger partial charge >= 0.3 is 0 Å². The molecule has 0 unspecified atom stereocenters. The molecule has 62 heavy (non-hydrogen) atoms. The molecule has 0 amide bonds. The molecule has 1 heteroatoms. The summed E-state index contributed by atoms with van der Waals surface area (Å²) in [7, 11) is 0. The van der Waals surface area contributed by atoms with Gasteiger partial charge in [-0.2, -0.15) is 0 Å². The SMILES string of the molecule is CC1(C)c2ccccc2-c2ccc(N(c3ccc(-c4ccc(-c5cccc(-c6ccc7ccccc7c6)c5)cc4)cc3)c3ccc(-c4ccccc4-c4ccccc4)cc3)cc21. The van der Waals surface area contributed by atoms with Crippen LogP contribution in [0, 0.1) is 0 Å². The van der Waals surface area contributed by atoms with Gasteiger partial charge in [-0.1, -0.05) is 202 Å². The summed E-state index contributed by atoms with van der Waals surface area (Å²) in [5, 5.41) is 2.52. The Hall–Kier alpha value is -7.74. The van der Waals surface area contributed by atoms with Gasteiger partial charge in [0.1, 0.15) is 0 Å². The van der Waals surface area contributed by atoms with Gasteiger partial charge < -0.3 is 4.90 Å². The molecule has 0 atom stereocenters. The van der Waals surface area contributed by atoms with Crippen LogP contribution in [0.15, 0.2) is 237 Å². The van der Waals surface area contributed by atoms with Crippen LogP contribution in [-0.2, 0) is 5.41 Å². The molecule has 0 radical (unpaired) electrons. The van der Waals surface area contributed by atoms with Crippen molar-refractivity contribution in [3.8, 4) is 66.8 Å². The number of rotatable bonds is 8. The highest BCUT2D eigenvalue weighted by Gasteiger charge is 2.35. The van der Waals surface area contributed by atoms with Gasteiger partial charge in [-0.15, -0.1) is 0 Å². The topological polar surface area (TPSA) is 3.24 Å². The van der Waals surface area contributed by atoms with Gasteiger partial charge in [0.25, 0.3) is 0 Å². The number of anilines is 3. The molecule has 0 heterocycles. The first kappa shape index (κ1) is 37.3. The lowest BCUT2D eigenvalue weighted by atomic mass is 9.82. The molecule has 0 aliphatic heterocycles. The first-order valence-electron chi connectivity index (χ1n) is 21.6. The van der Waals surface area contributed by atoms with E-state index >= 15 is 0 Å². The smallest absolute Gasteiger partial charge is 0.0465 e. The molecule has 11 rings (SSSR count). The zero-order valence-electron chi connectivity index (χ0n) is 35.0. The van der Waals surface area contributed by atoms with Crippen molar-refractivity contribution in [3.05, 3.63) is 248 Å². The second kappa shape index (κ2) is 15.4. The minimum atomic E-state index is -0.105. The van der Waals surface area contributed by atoms with Crippen LogP contribution in [0.1, 0.15) is 25.0 Å². The van der Waals surface area contributed by atoms with Crippen LogP contribution in [0.2, 0.25) is 0 Å². The van der Waals surface area contributed by atoms with Gasteiger partial charge in [-0.25, -0.2) is 0 Å². The maximum Gasteiger partial charge on any atom is 0.0465 e. The molecule has 10 aromatic rings. The van der Waals surface area contributed by atoms with Gasteiger partial charge in [0.2, 0.25) is 0 Å². The monoisotopic (exact) mass is 791 g/mol. The molecule has 1 aliphatic carbocycles. The average Bonchev–Trinajstić information content (AvgIpc) is 3.57. The van der Waals surface area contributed by atoms with Crippen LogP contribution in [0.4, 0.5) is 17.1 Å². The summed E-state index contributed by atoms with van der Waals surface area (Å²) in [6.45, 7) is 4.71. The second-order valence-electron chi connectivity index (χ2n) is 17.0. The van der Waals surface area contributed by atoms with E-state index in [2.05, 4.69) is 255 Å². The summed E-state index contributed by atoms with van der Waals surface area (Å²) in [6, 6.07) is 86.5. The minimum absolute atomic E-state index is 0.105. The second-order valence-corrected chi connectivity index (χ2v) is 17.0. The normalized spacial score (nSPS) is 12.5. The van der Waals surface area contributed by atoms with Gasteiger partial charge in [0.05, 0.1) is 0 Å². The van der Waals surface area contributed by atoms with Crippen molar-refractivity contribution in [3.63, 3.8) is 0 Å². The van der Waals surface area contributed by atoms with Crippen molar-refractivity contribution in [2.75, 3.05) is 4.90 Å². The van der Waals surface area contributed by atoms with Crippen molar-refractivity contribution in [1.82, 2.24) is 0 Å². The Balaban J connectivity index is 0.926. The number of nitrogens with zero attached hydrogens (tertiary/aromatic N) is 1. The lowest BCUT2D eigenvalue weighted by Gasteiger charge is -2.28. The first-order chi connectivity index (χ1) is 30.5. The Bertz CT molecular complexity index is 3230. The third kappa shape index (κ3) is 6.69. The highest BCUT2D eigenvalue weighted by molar-refractivity contribution is 5.90. The fourth-order valence-electron chi connectivity index (χ4n) is 9.58. The van der Waals surface area contributed by atoms with E-state index in [1.54, 1.807) is 0 Å². The van der Waals surface area contributed by atoms with Crippen LogP contribution in [-0.4, -0.2) is 0 Å². The molecule has 0 aromatic heterocycles. The summed E-state index contributed by atoms with van der Waals surface area (Å²) in [5.41, 5.74) is 20.8. The fraction of sp³-hybridized carbons (Fsp3) is 0.0492. The summed E-state index contributed by atoms with van der Waals surface area (Å²) < 4.78 is 0. The molecule has 0 saturated heterocycles. The number of fused-ring (bicyclic) bond motifs is 4. The highest BCUT2D eigenvalue weighted by Crippen LogP contribution is 2.51. The number of hydrogen-bond acceptors (Lipinski definition) is 1. The minimum Gasteiger partial charge on any atom is -0.310 e. The van der Waals surface area contributed by atoms with Crippen LogP contribution in [0.3, 0.4) is 0 Å². The molecule has 0 N–H and O–H groups in total. The van der Waals surface area contributed by atoms with E-state index in [1.807, 2.05) is 0 Å². The number of benzene rings is 10. The molecule has 0 fully saturated rings. The van der Waals surface area contributed by atoms with Crippen molar-refractivity contribution < 1.29 is 0 Å². The Labute approximate surface area is 364 Å². The maximum atomic E-state index is 2.41. The molecule has 0 bridgehead atoms. The number of hydrogen-bond donors (Lipinski definition) is 0. The first-order valence-corrected chi connectivity index (χ1v) is 21.6. The molecule has 10 aromatic carbocycles. The van der Waals surface area contributed by atoms with E-state index in [4.69, 9.17) is 0 Å². The Kier molecular flexibility index (Phi) is 9.24. The standard InChI is InChI=1S/C61H45N/c1-61(2)59-22-11-10-21-57(59)58-38-37-54(41-60(58)61)62(53-35-31-47(32-36-53)56-20-9-8-19-55(56)46-14-4-3-5-15-46)52-33-29-44(30-34-52)43-23-25-45(26-24-43)49-17-12-18-50(39-49)51-28-27-42-13-6-7-16-48(42)40-51/h3-41H,1-2H3. The molecule has 0 spiro atoms. The fourth-order valence-corrected chi connectivity index (χ4v) is 9.58. The quantitative estimate of drug-likeness (QED) is 0.148. The van der Waals surface area contributed by atoms with E-state index in [0.29, 0.717) is 0 Å². The Morgan fingerprint density at radius 3 is 1.37 bits per heavy atom. The Morgan fingerprint density at radius 1 is 0.258 bits per heavy atom. The lowest BCUT2D eigenvalue weighted by Crippen LogP contribution is -2.16. The van der Waals surface area contributed by atoms with Gasteiger partial charge in [0.15, 0.2) is 0 Å². The maximum absolute atomic E-state index is 2.41. The van der Waals surface area contributed by atoms with E-state index in [0.717, 1.165) is 17.1 Å². The van der Waals surface area contributed by atoms with Crippen molar-refractivity contribution in [1.29, 1.82) is 0 Å². The van der Waals surface area contributed by atoms with Gasteiger partial charge in [-0.3, -0.25) is 0 Å². The largest absolute Gasteiger partial charge is 0.310 e. The van der Waals surface area contributed by atoms with Crippen LogP contribution < -0.4 is 4.90 Å². The Morgan fingerprint density at radius 2 is 0.694 bits per heavy atom. The molecular formula is C61H45N. The summed E-state index contributed by atoms with van der Waals surface area (Å²) in [6.07, 6.45) is 0. The zero-order chi connectivity index (χ0) is 41.6. The van der Waals surface area contributed by atoms with E-state index < -0.39 is 0 Å². The summed E-state index contributed by atoms with van der Waals surface area (Å²) in [4.78, 5) is 2.40. The molecule has 0 saturated carbocycles. The van der Waals surface area contributed by atoms with Crippen LogP contribution in [0.25, 0.3) is 77.5 Å². The average molecular weight is 792 g/mol. The van der Waals surface area contributed by atoms with E-state index in [1.165, 1.54) is 88.7 Å².